The Morgan fingerprint density at radius 2 is 2.03 bits per heavy atom. The highest BCUT2D eigenvalue weighted by Crippen LogP contribution is 2.35. The zero-order chi connectivity index (χ0) is 23.9. The monoisotopic (exact) mass is 584 g/mol. The number of aromatic nitrogens is 3. The predicted molar refractivity (Wildman–Crippen MR) is 136 cm³/mol. The van der Waals surface area contributed by atoms with Crippen LogP contribution in [0, 0.1) is 5.82 Å². The van der Waals surface area contributed by atoms with Gasteiger partial charge in [0.05, 0.1) is 11.4 Å². The lowest BCUT2D eigenvalue weighted by Crippen LogP contribution is -2.27. The molecule has 0 saturated carbocycles. The van der Waals surface area contributed by atoms with Crippen LogP contribution in [-0.2, 0) is 18.2 Å². The summed E-state index contributed by atoms with van der Waals surface area (Å²) in [5.74, 6) is 0.892. The first-order valence-corrected chi connectivity index (χ1v) is 13.1. The molecule has 1 aromatic carbocycles. The summed E-state index contributed by atoms with van der Waals surface area (Å²) in [5, 5.41) is 0.644. The van der Waals surface area contributed by atoms with E-state index in [9.17, 15) is 13.7 Å². The van der Waals surface area contributed by atoms with Crippen molar-refractivity contribution < 1.29 is 13.3 Å². The molecule has 1 aliphatic heterocycles. The van der Waals surface area contributed by atoms with E-state index in [4.69, 9.17) is 0 Å². The van der Waals surface area contributed by atoms with E-state index < -0.39 is 27.2 Å². The molecule has 0 aliphatic carbocycles. The predicted octanol–water partition coefficient (Wildman–Crippen LogP) is 4.60. The van der Waals surface area contributed by atoms with Gasteiger partial charge in [0.25, 0.3) is 5.56 Å². The summed E-state index contributed by atoms with van der Waals surface area (Å²) >= 11 is 0.648. The van der Waals surface area contributed by atoms with Crippen molar-refractivity contribution in [2.24, 2.45) is 7.05 Å². The Balaban J connectivity index is 1.83. The van der Waals surface area contributed by atoms with Crippen molar-refractivity contribution in [3.05, 3.63) is 69.5 Å². The third kappa shape index (κ3) is 4.52. The van der Waals surface area contributed by atoms with Gasteiger partial charge in [-0.25, -0.2) is 18.7 Å². The largest absolute Gasteiger partial charge is 0.616 e. The van der Waals surface area contributed by atoms with E-state index in [0.29, 0.717) is 45.9 Å². The van der Waals surface area contributed by atoms with Gasteiger partial charge in [-0.2, -0.15) is 0 Å². The van der Waals surface area contributed by atoms with Gasteiger partial charge in [0.1, 0.15) is 35.1 Å². The molecule has 0 amide bonds. The number of hydrogen-bond acceptors (Lipinski definition) is 5. The van der Waals surface area contributed by atoms with E-state index in [0.717, 1.165) is 5.57 Å². The molecule has 2 unspecified atom stereocenters. The molecule has 0 N–H and O–H groups in total. The topological polar surface area (TPSA) is 74.1 Å². The lowest BCUT2D eigenvalue weighted by atomic mass is 10.0. The van der Waals surface area contributed by atoms with Gasteiger partial charge in [-0.05, 0) is 58.4 Å². The number of rotatable bonds is 5. The van der Waals surface area contributed by atoms with Crippen LogP contribution in [0.5, 0.6) is 0 Å². The Kier molecular flexibility index (Phi) is 7.06. The normalized spacial score (nSPS) is 18.2. The summed E-state index contributed by atoms with van der Waals surface area (Å²) in [6.07, 6.45) is 3.79. The van der Waals surface area contributed by atoms with Gasteiger partial charge in [0.2, 0.25) is 0 Å². The van der Waals surface area contributed by atoms with Crippen LogP contribution in [0.15, 0.2) is 41.5 Å². The second-order valence-corrected chi connectivity index (χ2v) is 10.7. The SMILES string of the molecule is C[C@H](c1cccc(C(F)I)c1F)N(C)c1ncnc2c1cc(C1=CC[S+]([O-])CC1)c(=O)n2C. The lowest BCUT2D eigenvalue weighted by molar-refractivity contribution is 0.463. The fourth-order valence-electron chi connectivity index (χ4n) is 4.07. The van der Waals surface area contributed by atoms with Crippen LogP contribution in [-0.4, -0.2) is 37.6 Å². The quantitative estimate of drug-likeness (QED) is 0.249. The molecule has 3 atom stereocenters. The summed E-state index contributed by atoms with van der Waals surface area (Å²) < 4.78 is 40.7. The average molecular weight is 584 g/mol. The van der Waals surface area contributed by atoms with Crippen molar-refractivity contribution in [2.75, 3.05) is 23.5 Å². The minimum atomic E-state index is -1.45. The van der Waals surface area contributed by atoms with Crippen LogP contribution in [0.25, 0.3) is 16.6 Å². The first kappa shape index (κ1) is 24.1. The standard InChI is InChI=1S/C23H23F2IN4O2S/c1-13(15-5-4-6-16(19(15)24)20(25)26)29(2)21-18-11-17(14-7-9-33(32)10-8-14)23(31)30(3)22(18)28-12-27-21/h4-7,11-13,20H,8-10H2,1-3H3/t13-,20?,33?/m1/s1. The molecule has 174 valence electrons. The molecule has 1 aliphatic rings. The van der Waals surface area contributed by atoms with E-state index >= 15 is 4.39 Å². The van der Waals surface area contributed by atoms with Gasteiger partial charge in [-0.15, -0.1) is 0 Å². The van der Waals surface area contributed by atoms with Crippen LogP contribution in [0.4, 0.5) is 14.6 Å². The summed E-state index contributed by atoms with van der Waals surface area (Å²) in [7, 11) is 3.43. The number of aryl methyl sites for hydroxylation is 1. The molecule has 0 saturated heterocycles. The minimum absolute atomic E-state index is 0.00667. The van der Waals surface area contributed by atoms with Gasteiger partial charge in [0.15, 0.2) is 4.18 Å². The second kappa shape index (κ2) is 9.67. The van der Waals surface area contributed by atoms with Gasteiger partial charge >= 0.3 is 0 Å². The van der Waals surface area contributed by atoms with Crippen molar-refractivity contribution in [1.82, 2.24) is 14.5 Å². The van der Waals surface area contributed by atoms with E-state index in [-0.39, 0.29) is 11.1 Å². The van der Waals surface area contributed by atoms with Crippen LogP contribution in [0.1, 0.15) is 40.3 Å². The maximum Gasteiger partial charge on any atom is 0.259 e. The molecule has 2 aromatic heterocycles. The van der Waals surface area contributed by atoms with Crippen LogP contribution >= 0.6 is 22.6 Å². The zero-order valence-electron chi connectivity index (χ0n) is 18.4. The smallest absolute Gasteiger partial charge is 0.259 e. The Labute approximate surface area is 207 Å². The van der Waals surface area contributed by atoms with Crippen molar-refractivity contribution in [2.45, 2.75) is 23.6 Å². The highest BCUT2D eigenvalue weighted by molar-refractivity contribution is 14.1. The van der Waals surface area contributed by atoms with Crippen molar-refractivity contribution >= 4 is 56.2 Å². The summed E-state index contributed by atoms with van der Waals surface area (Å²) in [6.45, 7) is 1.82. The Morgan fingerprint density at radius 1 is 1.30 bits per heavy atom. The van der Waals surface area contributed by atoms with E-state index in [2.05, 4.69) is 9.97 Å². The molecule has 0 radical (unpaired) electrons. The molecule has 3 aromatic rings. The number of allylic oxidation sites excluding steroid dienone is 1. The van der Waals surface area contributed by atoms with E-state index in [1.165, 1.54) is 17.0 Å². The summed E-state index contributed by atoms with van der Waals surface area (Å²) in [6, 6.07) is 6.02. The third-order valence-electron chi connectivity index (χ3n) is 6.10. The fraction of sp³-hybridized carbons (Fsp3) is 0.348. The summed E-state index contributed by atoms with van der Waals surface area (Å²) in [4.78, 5) is 23.6. The van der Waals surface area contributed by atoms with Gasteiger partial charge in [-0.3, -0.25) is 9.36 Å². The number of fused-ring (bicyclic) bond motifs is 1. The number of anilines is 1. The first-order chi connectivity index (χ1) is 15.7. The zero-order valence-corrected chi connectivity index (χ0v) is 21.4. The average Bonchev–Trinajstić information content (AvgIpc) is 2.80. The Hall–Kier alpha value is -2.05. The van der Waals surface area contributed by atoms with Gasteiger partial charge in [0, 0.05) is 37.2 Å². The van der Waals surface area contributed by atoms with Crippen molar-refractivity contribution in [3.8, 4) is 0 Å². The molecule has 0 bridgehead atoms. The molecule has 3 heterocycles. The Morgan fingerprint density at radius 3 is 2.70 bits per heavy atom. The number of benzene rings is 1. The number of alkyl halides is 2. The number of pyridine rings is 1. The van der Waals surface area contributed by atoms with Crippen molar-refractivity contribution in [3.63, 3.8) is 0 Å². The molecular weight excluding hydrogens is 561 g/mol. The maximum absolute atomic E-state index is 15.0. The van der Waals surface area contributed by atoms with Crippen LogP contribution in [0.2, 0.25) is 0 Å². The maximum atomic E-state index is 15.0. The molecule has 0 spiro atoms. The molecule has 33 heavy (non-hydrogen) atoms. The fourth-order valence-corrected chi connectivity index (χ4v) is 5.55. The van der Waals surface area contributed by atoms with E-state index in [1.807, 2.05) is 13.0 Å². The van der Waals surface area contributed by atoms with Gasteiger partial charge in [-0.1, -0.05) is 18.2 Å². The molecular formula is C23H23F2IN4O2S. The molecule has 10 heteroatoms. The van der Waals surface area contributed by atoms with Gasteiger partial charge < -0.3 is 9.45 Å². The van der Waals surface area contributed by atoms with E-state index in [1.54, 1.807) is 59.8 Å². The van der Waals surface area contributed by atoms with Crippen molar-refractivity contribution in [1.29, 1.82) is 0 Å². The second-order valence-electron chi connectivity index (χ2n) is 7.98. The molecule has 0 fully saturated rings. The number of halogens is 3. The third-order valence-corrected chi connectivity index (χ3v) is 7.97. The first-order valence-electron chi connectivity index (χ1n) is 10.4. The highest BCUT2D eigenvalue weighted by atomic mass is 127. The van der Waals surface area contributed by atoms with Crippen LogP contribution in [0.3, 0.4) is 0 Å². The lowest BCUT2D eigenvalue weighted by Gasteiger charge is -2.28. The minimum Gasteiger partial charge on any atom is -0.616 e. The highest BCUT2D eigenvalue weighted by Gasteiger charge is 2.25. The molecule has 4 rings (SSSR count). The number of nitrogens with zero attached hydrogens (tertiary/aromatic N) is 4. The number of hydrogen-bond donors (Lipinski definition) is 0. The molecule has 6 nitrogen and oxygen atoms in total. The summed E-state index contributed by atoms with van der Waals surface area (Å²) in [5.41, 5.74) is 2.01. The van der Waals surface area contributed by atoms with Crippen LogP contribution < -0.4 is 10.5 Å². The Bertz CT molecular complexity index is 1300.